The van der Waals surface area contributed by atoms with Crippen molar-refractivity contribution in [1.82, 2.24) is 4.90 Å². The summed E-state index contributed by atoms with van der Waals surface area (Å²) in [5.74, 6) is -0.855. The predicted octanol–water partition coefficient (Wildman–Crippen LogP) is 1.32. The van der Waals surface area contributed by atoms with Crippen molar-refractivity contribution in [2.75, 3.05) is 49.8 Å². The Morgan fingerprint density at radius 2 is 1.72 bits per heavy atom. The molecule has 9 nitrogen and oxygen atoms in total. The number of amides is 4. The van der Waals surface area contributed by atoms with Crippen LogP contribution in [0.5, 0.6) is 0 Å². The van der Waals surface area contributed by atoms with Gasteiger partial charge in [0.15, 0.2) is 0 Å². The number of carbonyl (C=O) groups is 4. The summed E-state index contributed by atoms with van der Waals surface area (Å²) in [4.78, 5) is 53.3. The van der Waals surface area contributed by atoms with E-state index in [1.165, 1.54) is 12.0 Å². The van der Waals surface area contributed by atoms with Crippen molar-refractivity contribution >= 4 is 35.5 Å². The van der Waals surface area contributed by atoms with Crippen molar-refractivity contribution in [2.45, 2.75) is 6.10 Å². The van der Waals surface area contributed by atoms with E-state index in [-0.39, 0.29) is 37.4 Å². The molecule has 0 aliphatic carbocycles. The van der Waals surface area contributed by atoms with Gasteiger partial charge >= 0.3 is 0 Å². The van der Waals surface area contributed by atoms with Gasteiger partial charge in [-0.2, -0.15) is 0 Å². The van der Waals surface area contributed by atoms with Gasteiger partial charge in [0.1, 0.15) is 6.61 Å². The molecule has 1 atom stereocenters. The molecule has 0 N–H and O–H groups in total. The first-order valence-electron chi connectivity index (χ1n) is 10.2. The summed E-state index contributed by atoms with van der Waals surface area (Å²) in [6.45, 7) is 1.16. The molecule has 0 spiro atoms. The molecule has 0 bridgehead atoms. The number of anilines is 2. The average Bonchev–Trinajstić information content (AvgIpc) is 3.07. The van der Waals surface area contributed by atoms with Gasteiger partial charge in [0, 0.05) is 25.0 Å². The van der Waals surface area contributed by atoms with Gasteiger partial charge in [-0.25, -0.2) is 0 Å². The minimum absolute atomic E-state index is 0.0214. The maximum atomic E-state index is 12.6. The summed E-state index contributed by atoms with van der Waals surface area (Å²) < 4.78 is 10.6. The van der Waals surface area contributed by atoms with Crippen LogP contribution in [0.3, 0.4) is 0 Å². The third-order valence-corrected chi connectivity index (χ3v) is 5.60. The van der Waals surface area contributed by atoms with E-state index in [0.29, 0.717) is 36.4 Å². The number of ether oxygens (including phenoxy) is 2. The van der Waals surface area contributed by atoms with Crippen molar-refractivity contribution in [1.29, 1.82) is 0 Å². The van der Waals surface area contributed by atoms with E-state index in [2.05, 4.69) is 0 Å². The van der Waals surface area contributed by atoms with Crippen LogP contribution in [0.2, 0.25) is 0 Å². The largest absolute Gasteiger partial charge is 0.378 e. The smallest absolute Gasteiger partial charge is 0.261 e. The molecule has 2 aliphatic rings. The highest BCUT2D eigenvalue weighted by Crippen LogP contribution is 2.24. The fourth-order valence-corrected chi connectivity index (χ4v) is 3.86. The molecular weight excluding hydrogens is 414 g/mol. The zero-order valence-corrected chi connectivity index (χ0v) is 17.6. The maximum Gasteiger partial charge on any atom is 0.261 e. The average molecular weight is 437 g/mol. The van der Waals surface area contributed by atoms with Gasteiger partial charge in [0.05, 0.1) is 36.9 Å². The highest BCUT2D eigenvalue weighted by Gasteiger charge is 2.36. The molecule has 1 saturated heterocycles. The number of fused-ring (bicyclic) bond motifs is 1. The van der Waals surface area contributed by atoms with Crippen LogP contribution in [0.4, 0.5) is 11.4 Å². The third kappa shape index (κ3) is 4.12. The van der Waals surface area contributed by atoms with Crippen LogP contribution < -0.4 is 9.80 Å². The SMILES string of the molecule is COC(CN1C(=O)c2ccccc2C1=O)CN(C=O)c1ccc(N2CCOCC2=O)cc1. The van der Waals surface area contributed by atoms with E-state index >= 15 is 0 Å². The first-order chi connectivity index (χ1) is 15.5. The zero-order chi connectivity index (χ0) is 22.7. The van der Waals surface area contributed by atoms with Crippen molar-refractivity contribution in [3.05, 3.63) is 59.7 Å². The summed E-state index contributed by atoms with van der Waals surface area (Å²) in [7, 11) is 1.47. The van der Waals surface area contributed by atoms with Crippen LogP contribution in [0.25, 0.3) is 0 Å². The molecule has 1 fully saturated rings. The monoisotopic (exact) mass is 437 g/mol. The third-order valence-electron chi connectivity index (χ3n) is 5.60. The molecule has 0 radical (unpaired) electrons. The van der Waals surface area contributed by atoms with Gasteiger partial charge in [-0.15, -0.1) is 0 Å². The van der Waals surface area contributed by atoms with Crippen LogP contribution in [0, 0.1) is 0 Å². The number of methoxy groups -OCH3 is 1. The van der Waals surface area contributed by atoms with Gasteiger partial charge < -0.3 is 19.3 Å². The van der Waals surface area contributed by atoms with Crippen molar-refractivity contribution < 1.29 is 28.7 Å². The van der Waals surface area contributed by atoms with Crippen LogP contribution in [-0.4, -0.2) is 75.1 Å². The number of rotatable bonds is 8. The molecule has 2 aliphatic heterocycles. The topological polar surface area (TPSA) is 96.5 Å². The Bertz CT molecular complexity index is 1000. The number of morpholine rings is 1. The van der Waals surface area contributed by atoms with Crippen molar-refractivity contribution in [3.63, 3.8) is 0 Å². The summed E-state index contributed by atoms with van der Waals surface area (Å²) in [5, 5.41) is 0. The fourth-order valence-electron chi connectivity index (χ4n) is 3.86. The second kappa shape index (κ2) is 9.29. The number of carbonyl (C=O) groups excluding carboxylic acids is 4. The van der Waals surface area contributed by atoms with E-state index < -0.39 is 6.10 Å². The highest BCUT2D eigenvalue weighted by atomic mass is 16.5. The number of nitrogens with zero attached hydrogens (tertiary/aromatic N) is 3. The first kappa shape index (κ1) is 21.7. The fraction of sp³-hybridized carbons (Fsp3) is 0.304. The number of hydrogen-bond acceptors (Lipinski definition) is 6. The van der Waals surface area contributed by atoms with Gasteiger partial charge in [0.25, 0.3) is 17.7 Å². The summed E-state index contributed by atoms with van der Waals surface area (Å²) in [5.41, 5.74) is 2.07. The Labute approximate surface area is 185 Å². The second-order valence-corrected chi connectivity index (χ2v) is 7.50. The Morgan fingerprint density at radius 1 is 1.06 bits per heavy atom. The molecule has 4 rings (SSSR count). The Balaban J connectivity index is 1.44. The molecule has 166 valence electrons. The van der Waals surface area contributed by atoms with Gasteiger partial charge in [0.2, 0.25) is 6.41 Å². The van der Waals surface area contributed by atoms with E-state index in [9.17, 15) is 19.2 Å². The maximum absolute atomic E-state index is 12.6. The normalized spacial score (nSPS) is 16.8. The van der Waals surface area contributed by atoms with E-state index in [0.717, 1.165) is 10.6 Å². The summed E-state index contributed by atoms with van der Waals surface area (Å²) in [6.07, 6.45) is 0.0893. The molecule has 2 heterocycles. The lowest BCUT2D eigenvalue weighted by molar-refractivity contribution is -0.125. The van der Waals surface area contributed by atoms with Crippen molar-refractivity contribution in [2.24, 2.45) is 0 Å². The molecule has 4 amide bonds. The number of hydrogen-bond donors (Lipinski definition) is 0. The van der Waals surface area contributed by atoms with E-state index in [1.54, 1.807) is 53.4 Å². The number of imide groups is 1. The van der Waals surface area contributed by atoms with Gasteiger partial charge in [-0.1, -0.05) is 12.1 Å². The molecule has 2 aromatic carbocycles. The highest BCUT2D eigenvalue weighted by molar-refractivity contribution is 6.21. The quantitative estimate of drug-likeness (QED) is 0.457. The Kier molecular flexibility index (Phi) is 6.29. The van der Waals surface area contributed by atoms with Crippen LogP contribution >= 0.6 is 0 Å². The molecule has 2 aromatic rings. The second-order valence-electron chi connectivity index (χ2n) is 7.50. The van der Waals surface area contributed by atoms with Gasteiger partial charge in [-0.05, 0) is 36.4 Å². The summed E-state index contributed by atoms with van der Waals surface area (Å²) in [6, 6.07) is 13.7. The van der Waals surface area contributed by atoms with E-state index in [4.69, 9.17) is 9.47 Å². The minimum atomic E-state index is -0.581. The van der Waals surface area contributed by atoms with Gasteiger partial charge in [-0.3, -0.25) is 24.1 Å². The lowest BCUT2D eigenvalue weighted by Gasteiger charge is -2.28. The molecule has 1 unspecified atom stereocenters. The Morgan fingerprint density at radius 3 is 2.28 bits per heavy atom. The minimum Gasteiger partial charge on any atom is -0.378 e. The van der Waals surface area contributed by atoms with Crippen LogP contribution in [-0.2, 0) is 19.1 Å². The van der Waals surface area contributed by atoms with Crippen LogP contribution in [0.1, 0.15) is 20.7 Å². The van der Waals surface area contributed by atoms with Crippen molar-refractivity contribution in [3.8, 4) is 0 Å². The predicted molar refractivity (Wildman–Crippen MR) is 116 cm³/mol. The molecule has 32 heavy (non-hydrogen) atoms. The standard InChI is InChI=1S/C23H23N3O6/c1-31-18(13-26-22(29)19-4-2-3-5-20(19)23(26)30)12-24(15-27)16-6-8-17(9-7-16)25-10-11-32-14-21(25)28/h2-9,15,18H,10-14H2,1H3. The lowest BCUT2D eigenvalue weighted by atomic mass is 10.1. The van der Waals surface area contributed by atoms with E-state index in [1.807, 2.05) is 0 Å². The molecule has 0 aromatic heterocycles. The van der Waals surface area contributed by atoms with Crippen LogP contribution in [0.15, 0.2) is 48.5 Å². The lowest BCUT2D eigenvalue weighted by Crippen LogP contribution is -2.43. The zero-order valence-electron chi connectivity index (χ0n) is 17.6. The number of benzene rings is 2. The molecule has 0 saturated carbocycles. The Hall–Kier alpha value is -3.56. The molecule has 9 heteroatoms. The first-order valence-corrected chi connectivity index (χ1v) is 10.2. The summed E-state index contributed by atoms with van der Waals surface area (Å²) >= 11 is 0. The molecular formula is C23H23N3O6.